The number of hydrogen-bond donors (Lipinski definition) is 1. The highest BCUT2D eigenvalue weighted by Crippen LogP contribution is 2.28. The lowest BCUT2D eigenvalue weighted by molar-refractivity contribution is -0.116. The number of nitrogens with one attached hydrogen (secondary N) is 1. The first-order valence-electron chi connectivity index (χ1n) is 7.75. The van der Waals surface area contributed by atoms with Gasteiger partial charge < -0.3 is 19.9 Å². The molecular formula is C16H21N3O3. The van der Waals surface area contributed by atoms with Gasteiger partial charge in [0.25, 0.3) is 5.91 Å². The van der Waals surface area contributed by atoms with Crippen LogP contribution in [-0.4, -0.2) is 60.9 Å². The van der Waals surface area contributed by atoms with Crippen molar-refractivity contribution in [3.8, 4) is 5.75 Å². The smallest absolute Gasteiger partial charge is 0.254 e. The third-order valence-electron chi connectivity index (χ3n) is 4.19. The molecule has 22 heavy (non-hydrogen) atoms. The third kappa shape index (κ3) is 3.06. The summed E-state index contributed by atoms with van der Waals surface area (Å²) in [6.07, 6.45) is 0.330. The summed E-state index contributed by atoms with van der Waals surface area (Å²) in [5, 5.41) is 2.79. The van der Waals surface area contributed by atoms with Crippen LogP contribution in [0.2, 0.25) is 0 Å². The van der Waals surface area contributed by atoms with Crippen LogP contribution in [0.3, 0.4) is 0 Å². The summed E-state index contributed by atoms with van der Waals surface area (Å²) in [5.41, 5.74) is 1.18. The Morgan fingerprint density at radius 1 is 1.27 bits per heavy atom. The van der Waals surface area contributed by atoms with Gasteiger partial charge in [0, 0.05) is 31.7 Å². The first kappa shape index (κ1) is 14.8. The summed E-state index contributed by atoms with van der Waals surface area (Å²) in [5.74, 6) is 0.551. The van der Waals surface area contributed by atoms with Crippen LogP contribution in [0.15, 0.2) is 18.2 Å². The summed E-state index contributed by atoms with van der Waals surface area (Å²) in [7, 11) is 0. The Balaban J connectivity index is 1.75. The van der Waals surface area contributed by atoms with E-state index in [-0.39, 0.29) is 11.8 Å². The van der Waals surface area contributed by atoms with Crippen LogP contribution >= 0.6 is 0 Å². The van der Waals surface area contributed by atoms with E-state index in [1.165, 1.54) is 0 Å². The van der Waals surface area contributed by atoms with E-state index in [1.54, 1.807) is 18.2 Å². The minimum absolute atomic E-state index is 0.0112. The van der Waals surface area contributed by atoms with E-state index in [0.717, 1.165) is 32.7 Å². The fourth-order valence-corrected chi connectivity index (χ4v) is 2.80. The summed E-state index contributed by atoms with van der Waals surface area (Å²) >= 11 is 0. The molecule has 2 heterocycles. The number of fused-ring (bicyclic) bond motifs is 1. The van der Waals surface area contributed by atoms with Crippen LogP contribution in [-0.2, 0) is 4.79 Å². The quantitative estimate of drug-likeness (QED) is 0.891. The molecule has 0 saturated carbocycles. The Morgan fingerprint density at radius 2 is 2.05 bits per heavy atom. The van der Waals surface area contributed by atoms with Crippen molar-refractivity contribution in [2.75, 3.05) is 44.6 Å². The molecule has 6 nitrogen and oxygen atoms in total. The molecule has 0 unspecified atom stereocenters. The largest absolute Gasteiger partial charge is 0.491 e. The first-order chi connectivity index (χ1) is 10.7. The highest BCUT2D eigenvalue weighted by atomic mass is 16.5. The lowest BCUT2D eigenvalue weighted by Gasteiger charge is -2.34. The third-order valence-corrected chi connectivity index (χ3v) is 4.19. The topological polar surface area (TPSA) is 61.9 Å². The summed E-state index contributed by atoms with van der Waals surface area (Å²) in [6.45, 7) is 6.82. The van der Waals surface area contributed by atoms with E-state index in [1.807, 2.05) is 4.90 Å². The van der Waals surface area contributed by atoms with Gasteiger partial charge in [-0.25, -0.2) is 0 Å². The fourth-order valence-electron chi connectivity index (χ4n) is 2.80. The standard InChI is InChI=1S/C16H21N3O3/c1-2-18-6-8-19(9-7-18)16(21)12-3-4-14-13(11-12)17-15(20)5-10-22-14/h3-4,11H,2,5-10H2,1H3,(H,17,20). The molecule has 0 bridgehead atoms. The van der Waals surface area contributed by atoms with Crippen molar-refractivity contribution in [1.82, 2.24) is 9.80 Å². The Kier molecular flexibility index (Phi) is 4.29. The van der Waals surface area contributed by atoms with Crippen LogP contribution in [0.5, 0.6) is 5.75 Å². The van der Waals surface area contributed by atoms with Gasteiger partial charge in [0.15, 0.2) is 0 Å². The average Bonchev–Trinajstić information content (AvgIpc) is 2.74. The average molecular weight is 303 g/mol. The Labute approximate surface area is 130 Å². The first-order valence-corrected chi connectivity index (χ1v) is 7.75. The number of benzene rings is 1. The molecule has 6 heteroatoms. The summed E-state index contributed by atoms with van der Waals surface area (Å²) in [6, 6.07) is 5.24. The van der Waals surface area contributed by atoms with Crippen molar-refractivity contribution in [1.29, 1.82) is 0 Å². The molecule has 1 saturated heterocycles. The van der Waals surface area contributed by atoms with E-state index in [4.69, 9.17) is 4.74 Å². The maximum absolute atomic E-state index is 12.6. The zero-order valence-corrected chi connectivity index (χ0v) is 12.8. The summed E-state index contributed by atoms with van der Waals surface area (Å²) in [4.78, 5) is 28.4. The van der Waals surface area contributed by atoms with Gasteiger partial charge in [-0.15, -0.1) is 0 Å². The molecule has 1 aromatic carbocycles. The molecule has 1 aromatic rings. The molecule has 2 aliphatic rings. The highest BCUT2D eigenvalue weighted by Gasteiger charge is 2.23. The van der Waals surface area contributed by atoms with Crippen molar-refractivity contribution in [2.24, 2.45) is 0 Å². The van der Waals surface area contributed by atoms with Crippen molar-refractivity contribution in [3.63, 3.8) is 0 Å². The van der Waals surface area contributed by atoms with Crippen LogP contribution in [0, 0.1) is 0 Å². The molecule has 1 N–H and O–H groups in total. The van der Waals surface area contributed by atoms with Gasteiger partial charge in [0.2, 0.25) is 5.91 Å². The molecule has 0 spiro atoms. The lowest BCUT2D eigenvalue weighted by Crippen LogP contribution is -2.48. The number of ether oxygens (including phenoxy) is 1. The predicted octanol–water partition coefficient (Wildman–Crippen LogP) is 1.19. The van der Waals surface area contributed by atoms with Crippen molar-refractivity contribution in [2.45, 2.75) is 13.3 Å². The van der Waals surface area contributed by atoms with Gasteiger partial charge in [-0.3, -0.25) is 9.59 Å². The molecule has 1 fully saturated rings. The molecule has 2 amide bonds. The second-order valence-corrected chi connectivity index (χ2v) is 5.58. The number of likely N-dealkylation sites (N-methyl/N-ethyl adjacent to an activating group) is 1. The van der Waals surface area contributed by atoms with Gasteiger partial charge in [-0.1, -0.05) is 6.92 Å². The zero-order chi connectivity index (χ0) is 15.5. The Hall–Kier alpha value is -2.08. The molecule has 0 aromatic heterocycles. The maximum atomic E-state index is 12.6. The predicted molar refractivity (Wildman–Crippen MR) is 83.2 cm³/mol. The van der Waals surface area contributed by atoms with Crippen LogP contribution in [0.4, 0.5) is 5.69 Å². The number of carbonyl (C=O) groups excluding carboxylic acids is 2. The number of rotatable bonds is 2. The minimum atomic E-state index is -0.0834. The van der Waals surface area contributed by atoms with Crippen LogP contribution in [0.1, 0.15) is 23.7 Å². The van der Waals surface area contributed by atoms with Crippen molar-refractivity contribution < 1.29 is 14.3 Å². The number of nitrogens with zero attached hydrogens (tertiary/aromatic N) is 2. The molecule has 0 radical (unpaired) electrons. The number of piperazine rings is 1. The fraction of sp³-hybridized carbons (Fsp3) is 0.500. The summed E-state index contributed by atoms with van der Waals surface area (Å²) < 4.78 is 5.51. The zero-order valence-electron chi connectivity index (χ0n) is 12.8. The minimum Gasteiger partial charge on any atom is -0.491 e. The van der Waals surface area contributed by atoms with Crippen molar-refractivity contribution in [3.05, 3.63) is 23.8 Å². The van der Waals surface area contributed by atoms with Crippen LogP contribution < -0.4 is 10.1 Å². The second-order valence-electron chi connectivity index (χ2n) is 5.58. The van der Waals surface area contributed by atoms with Gasteiger partial charge in [-0.2, -0.15) is 0 Å². The van der Waals surface area contributed by atoms with Gasteiger partial charge in [0.05, 0.1) is 18.7 Å². The molecular weight excluding hydrogens is 282 g/mol. The molecule has 2 aliphatic heterocycles. The molecule has 3 rings (SSSR count). The molecule has 0 atom stereocenters. The van der Waals surface area contributed by atoms with E-state index in [2.05, 4.69) is 17.1 Å². The van der Waals surface area contributed by atoms with Crippen LogP contribution in [0.25, 0.3) is 0 Å². The van der Waals surface area contributed by atoms with E-state index in [9.17, 15) is 9.59 Å². The number of amides is 2. The monoisotopic (exact) mass is 303 g/mol. The Bertz CT molecular complexity index is 580. The van der Waals surface area contributed by atoms with E-state index in [0.29, 0.717) is 30.0 Å². The normalized spacial score (nSPS) is 19.0. The van der Waals surface area contributed by atoms with Crippen molar-refractivity contribution >= 4 is 17.5 Å². The lowest BCUT2D eigenvalue weighted by atomic mass is 10.1. The molecule has 118 valence electrons. The van der Waals surface area contributed by atoms with E-state index < -0.39 is 0 Å². The second kappa shape index (κ2) is 6.36. The van der Waals surface area contributed by atoms with Gasteiger partial charge >= 0.3 is 0 Å². The van der Waals surface area contributed by atoms with E-state index >= 15 is 0 Å². The van der Waals surface area contributed by atoms with Gasteiger partial charge in [0.1, 0.15) is 5.75 Å². The molecule has 0 aliphatic carbocycles. The number of hydrogen-bond acceptors (Lipinski definition) is 4. The number of anilines is 1. The highest BCUT2D eigenvalue weighted by molar-refractivity contribution is 5.98. The Morgan fingerprint density at radius 3 is 2.77 bits per heavy atom. The SMILES string of the molecule is CCN1CCN(C(=O)c2ccc3c(c2)NC(=O)CCO3)CC1. The van der Waals surface area contributed by atoms with Gasteiger partial charge in [-0.05, 0) is 24.7 Å². The number of carbonyl (C=O) groups is 2. The maximum Gasteiger partial charge on any atom is 0.254 e.